The first kappa shape index (κ1) is 25.7. The average Bonchev–Trinajstić information content (AvgIpc) is 3.16. The number of carbonyl (C=O) groups excluding carboxylic acids is 2. The zero-order chi connectivity index (χ0) is 25.1. The van der Waals surface area contributed by atoms with Crippen molar-refractivity contribution in [2.24, 2.45) is 0 Å². The van der Waals surface area contributed by atoms with Gasteiger partial charge in [0.25, 0.3) is 11.8 Å². The van der Waals surface area contributed by atoms with E-state index in [0.29, 0.717) is 29.5 Å². The van der Waals surface area contributed by atoms with Gasteiger partial charge in [0.2, 0.25) is 0 Å². The first-order chi connectivity index (χ1) is 16.3. The number of hydrogen-bond donors (Lipinski definition) is 2. The van der Waals surface area contributed by atoms with Gasteiger partial charge in [-0.15, -0.1) is 0 Å². The zero-order valence-corrected chi connectivity index (χ0v) is 18.5. The molecule has 0 spiro atoms. The van der Waals surface area contributed by atoms with Gasteiger partial charge in [-0.2, -0.15) is 5.26 Å². The van der Waals surface area contributed by atoms with Crippen LogP contribution in [-0.4, -0.2) is 44.9 Å². The number of carbonyl (C=O) groups is 4. The van der Waals surface area contributed by atoms with Crippen molar-refractivity contribution < 1.29 is 29.4 Å². The van der Waals surface area contributed by atoms with Crippen molar-refractivity contribution in [3.8, 4) is 6.07 Å². The highest BCUT2D eigenvalue weighted by molar-refractivity contribution is 6.14. The van der Waals surface area contributed by atoms with Gasteiger partial charge in [-0.1, -0.05) is 80.4 Å². The standard InChI is InChI=1S/C16H11NO2.C10H13NO4/c17-11-14(16(18)19)15(12-7-3-1-4-8-12)13-9-5-2-6-10-13;1-2-3-4-7(10(14)15)11-8(12)5-6-9(11)13/h1-10H,(H,18,19);5-7H,2-4H2,1H3,(H,14,15). The fraction of sp³-hybridized carbons (Fsp3) is 0.192. The van der Waals surface area contributed by atoms with Crippen molar-refractivity contribution in [2.75, 3.05) is 0 Å². The van der Waals surface area contributed by atoms with Crippen LogP contribution in [0, 0.1) is 11.3 Å². The van der Waals surface area contributed by atoms with Crippen molar-refractivity contribution >= 4 is 29.3 Å². The van der Waals surface area contributed by atoms with E-state index in [1.807, 2.05) is 43.3 Å². The Bertz CT molecular complexity index is 1090. The number of amides is 2. The monoisotopic (exact) mass is 460 g/mol. The average molecular weight is 460 g/mol. The molecule has 0 aliphatic carbocycles. The van der Waals surface area contributed by atoms with Crippen LogP contribution in [0.5, 0.6) is 0 Å². The maximum Gasteiger partial charge on any atom is 0.347 e. The number of carboxylic acid groups (broad SMARTS) is 2. The largest absolute Gasteiger partial charge is 0.480 e. The second-order valence-electron chi connectivity index (χ2n) is 7.28. The van der Waals surface area contributed by atoms with Gasteiger partial charge in [0.05, 0.1) is 0 Å². The second kappa shape index (κ2) is 12.5. The molecular weight excluding hydrogens is 436 g/mol. The summed E-state index contributed by atoms with van der Waals surface area (Å²) in [6, 6.07) is 18.9. The van der Waals surface area contributed by atoms with E-state index in [-0.39, 0.29) is 5.57 Å². The highest BCUT2D eigenvalue weighted by atomic mass is 16.4. The molecule has 3 rings (SSSR count). The number of nitrogens with zero attached hydrogens (tertiary/aromatic N) is 2. The Morgan fingerprint density at radius 1 is 0.912 bits per heavy atom. The summed E-state index contributed by atoms with van der Waals surface area (Å²) in [5.74, 6) is -3.42. The summed E-state index contributed by atoms with van der Waals surface area (Å²) >= 11 is 0. The van der Waals surface area contributed by atoms with E-state index in [1.54, 1.807) is 30.3 Å². The lowest BCUT2D eigenvalue weighted by atomic mass is 9.93. The van der Waals surface area contributed by atoms with Gasteiger partial charge < -0.3 is 10.2 Å². The lowest BCUT2D eigenvalue weighted by Crippen LogP contribution is -2.44. The number of unbranched alkanes of at least 4 members (excludes halogenated alkanes) is 1. The summed E-state index contributed by atoms with van der Waals surface area (Å²) in [6.07, 6.45) is 4.01. The van der Waals surface area contributed by atoms with Gasteiger partial charge in [-0.05, 0) is 17.5 Å². The molecule has 1 unspecified atom stereocenters. The van der Waals surface area contributed by atoms with E-state index in [4.69, 9.17) is 10.4 Å². The molecule has 2 N–H and O–H groups in total. The minimum absolute atomic E-state index is 0.252. The molecule has 0 radical (unpaired) electrons. The third kappa shape index (κ3) is 6.50. The fourth-order valence-electron chi connectivity index (χ4n) is 3.36. The minimum atomic E-state index is -1.22. The zero-order valence-electron chi connectivity index (χ0n) is 18.5. The Labute approximate surface area is 197 Å². The smallest absolute Gasteiger partial charge is 0.347 e. The van der Waals surface area contributed by atoms with Gasteiger partial charge >= 0.3 is 11.9 Å². The number of hydrogen-bond acceptors (Lipinski definition) is 5. The number of rotatable bonds is 8. The molecule has 2 aromatic rings. The van der Waals surface area contributed by atoms with Crippen LogP contribution >= 0.6 is 0 Å². The maximum absolute atomic E-state index is 11.2. The molecule has 1 heterocycles. The van der Waals surface area contributed by atoms with Gasteiger partial charge in [0.1, 0.15) is 17.7 Å². The van der Waals surface area contributed by atoms with Gasteiger partial charge in [0.15, 0.2) is 0 Å². The van der Waals surface area contributed by atoms with Crippen LogP contribution in [0.15, 0.2) is 78.4 Å². The molecule has 1 atom stereocenters. The number of benzene rings is 2. The van der Waals surface area contributed by atoms with Crippen LogP contribution in [0.25, 0.3) is 5.57 Å². The minimum Gasteiger partial charge on any atom is -0.480 e. The molecule has 8 heteroatoms. The molecule has 0 aromatic heterocycles. The maximum atomic E-state index is 11.2. The molecule has 1 aliphatic rings. The van der Waals surface area contributed by atoms with Crippen LogP contribution in [-0.2, 0) is 19.2 Å². The number of aliphatic carboxylic acids is 2. The highest BCUT2D eigenvalue weighted by Gasteiger charge is 2.35. The third-order valence-electron chi connectivity index (χ3n) is 4.97. The van der Waals surface area contributed by atoms with E-state index in [2.05, 4.69) is 0 Å². The van der Waals surface area contributed by atoms with Gasteiger partial charge in [-0.3, -0.25) is 14.5 Å². The lowest BCUT2D eigenvalue weighted by molar-refractivity contribution is -0.153. The van der Waals surface area contributed by atoms with E-state index < -0.39 is 29.8 Å². The van der Waals surface area contributed by atoms with Crippen LogP contribution in [0.2, 0.25) is 0 Å². The first-order valence-corrected chi connectivity index (χ1v) is 10.6. The highest BCUT2D eigenvalue weighted by Crippen LogP contribution is 2.26. The summed E-state index contributed by atoms with van der Waals surface area (Å²) in [4.78, 5) is 45.4. The number of carboxylic acids is 2. The Balaban J connectivity index is 0.000000248. The molecule has 174 valence electrons. The third-order valence-corrected chi connectivity index (χ3v) is 4.97. The summed E-state index contributed by atoms with van der Waals surface area (Å²) in [5, 5.41) is 27.2. The molecule has 8 nitrogen and oxygen atoms in total. The van der Waals surface area contributed by atoms with Crippen molar-refractivity contribution in [1.29, 1.82) is 5.26 Å². The van der Waals surface area contributed by atoms with Crippen molar-refractivity contribution in [3.63, 3.8) is 0 Å². The molecular formula is C26H24N2O6. The van der Waals surface area contributed by atoms with Crippen LogP contribution in [0.4, 0.5) is 0 Å². The van der Waals surface area contributed by atoms with Gasteiger partial charge in [0, 0.05) is 17.7 Å². The van der Waals surface area contributed by atoms with Crippen LogP contribution < -0.4 is 0 Å². The lowest BCUT2D eigenvalue weighted by Gasteiger charge is -2.21. The molecule has 0 saturated heterocycles. The molecule has 1 aliphatic heterocycles. The Morgan fingerprint density at radius 2 is 1.38 bits per heavy atom. The Kier molecular flexibility index (Phi) is 9.47. The predicted molar refractivity (Wildman–Crippen MR) is 124 cm³/mol. The van der Waals surface area contributed by atoms with Crippen molar-refractivity contribution in [2.45, 2.75) is 32.2 Å². The molecule has 0 bridgehead atoms. The first-order valence-electron chi connectivity index (χ1n) is 10.6. The van der Waals surface area contributed by atoms with E-state index in [0.717, 1.165) is 23.5 Å². The Hall–Kier alpha value is -4.51. The summed E-state index contributed by atoms with van der Waals surface area (Å²) in [7, 11) is 0. The second-order valence-corrected chi connectivity index (χ2v) is 7.28. The quantitative estimate of drug-likeness (QED) is 0.349. The topological polar surface area (TPSA) is 136 Å². The molecule has 0 fully saturated rings. The van der Waals surface area contributed by atoms with E-state index >= 15 is 0 Å². The fourth-order valence-corrected chi connectivity index (χ4v) is 3.36. The summed E-state index contributed by atoms with van der Waals surface area (Å²) in [5.41, 5.74) is 1.62. The molecule has 34 heavy (non-hydrogen) atoms. The van der Waals surface area contributed by atoms with Gasteiger partial charge in [-0.25, -0.2) is 9.59 Å². The summed E-state index contributed by atoms with van der Waals surface area (Å²) in [6.45, 7) is 1.92. The number of nitriles is 1. The molecule has 2 amide bonds. The van der Waals surface area contributed by atoms with Crippen molar-refractivity contribution in [3.05, 3.63) is 89.5 Å². The normalized spacial score (nSPS) is 12.9. The summed E-state index contributed by atoms with van der Waals surface area (Å²) < 4.78 is 0. The van der Waals surface area contributed by atoms with Crippen molar-refractivity contribution in [1.82, 2.24) is 4.90 Å². The Morgan fingerprint density at radius 3 is 1.74 bits per heavy atom. The van der Waals surface area contributed by atoms with Crippen LogP contribution in [0.1, 0.15) is 37.3 Å². The SMILES string of the molecule is CCCCC(C(=O)O)N1C(=O)C=CC1=O.N#CC(C(=O)O)=C(c1ccccc1)c1ccccc1. The number of imide groups is 1. The molecule has 0 saturated carbocycles. The predicted octanol–water partition coefficient (Wildman–Crippen LogP) is 3.65. The molecule has 2 aromatic carbocycles. The van der Waals surface area contributed by atoms with E-state index in [9.17, 15) is 24.3 Å². The van der Waals surface area contributed by atoms with Crippen LogP contribution in [0.3, 0.4) is 0 Å². The van der Waals surface area contributed by atoms with E-state index in [1.165, 1.54) is 0 Å².